The van der Waals surface area contributed by atoms with Gasteiger partial charge in [-0.3, -0.25) is 4.79 Å². The predicted molar refractivity (Wildman–Crippen MR) is 207 cm³/mol. The smallest absolute Gasteiger partial charge is 0.407 e. The highest BCUT2D eigenvalue weighted by atomic mass is 16.5. The van der Waals surface area contributed by atoms with Gasteiger partial charge >= 0.3 is 12.1 Å². The maximum atomic E-state index is 12.7. The van der Waals surface area contributed by atoms with Gasteiger partial charge in [-0.1, -0.05) is 150 Å². The van der Waals surface area contributed by atoms with Crippen molar-refractivity contribution in [2.45, 2.75) is 215 Å². The lowest BCUT2D eigenvalue weighted by Crippen LogP contribution is -2.35. The fourth-order valence-electron chi connectivity index (χ4n) is 6.56. The number of hydrogen-bond donors (Lipinski definition) is 1. The third-order valence-corrected chi connectivity index (χ3v) is 10.1. The minimum absolute atomic E-state index is 0.0596. The molecular weight excluding hydrogens is 596 g/mol. The van der Waals surface area contributed by atoms with Crippen LogP contribution >= 0.6 is 0 Å². The Labute approximate surface area is 300 Å². The molecule has 0 heterocycles. The molecule has 1 unspecified atom stereocenters. The van der Waals surface area contributed by atoms with Crippen LogP contribution in [0.1, 0.15) is 208 Å². The molecule has 0 rings (SSSR count). The lowest BCUT2D eigenvalue weighted by molar-refractivity contribution is -0.154. The van der Waals surface area contributed by atoms with Crippen molar-refractivity contribution in [1.82, 2.24) is 10.2 Å². The van der Waals surface area contributed by atoms with Crippen molar-refractivity contribution in [1.29, 1.82) is 0 Å². The highest BCUT2D eigenvalue weighted by molar-refractivity contribution is 5.75. The molecule has 0 aliphatic heterocycles. The van der Waals surface area contributed by atoms with Gasteiger partial charge in [-0.2, -0.15) is 0 Å². The van der Waals surface area contributed by atoms with Crippen LogP contribution in [0.4, 0.5) is 4.79 Å². The van der Waals surface area contributed by atoms with Crippen LogP contribution in [-0.4, -0.2) is 56.9 Å². The van der Waals surface area contributed by atoms with E-state index in [1.165, 1.54) is 103 Å². The van der Waals surface area contributed by atoms with Crippen LogP contribution in [0.25, 0.3) is 0 Å². The Balaban J connectivity index is 4.48. The number of nitrogens with zero attached hydrogens (tertiary/aromatic N) is 1. The van der Waals surface area contributed by atoms with E-state index in [-0.39, 0.29) is 18.1 Å². The topological polar surface area (TPSA) is 67.9 Å². The Morgan fingerprint density at radius 3 is 1.52 bits per heavy atom. The molecule has 0 aliphatic rings. The van der Waals surface area contributed by atoms with E-state index in [0.29, 0.717) is 18.6 Å². The van der Waals surface area contributed by atoms with Gasteiger partial charge in [0, 0.05) is 12.6 Å². The van der Waals surface area contributed by atoms with E-state index in [9.17, 15) is 9.59 Å². The zero-order valence-corrected chi connectivity index (χ0v) is 33.7. The molecule has 1 atom stereocenters. The highest BCUT2D eigenvalue weighted by Crippen LogP contribution is 2.31. The lowest BCUT2D eigenvalue weighted by atomic mass is 9.81. The molecule has 1 amide bonds. The minimum atomic E-state index is -0.447. The zero-order valence-electron chi connectivity index (χ0n) is 33.7. The Kier molecular flexibility index (Phi) is 29.7. The lowest BCUT2D eigenvalue weighted by Gasteiger charge is -2.25. The normalized spacial score (nSPS) is 12.8. The second-order valence-corrected chi connectivity index (χ2v) is 16.5. The first-order chi connectivity index (χ1) is 22.9. The van der Waals surface area contributed by atoms with Crippen LogP contribution in [0.3, 0.4) is 0 Å². The number of amides is 1. The van der Waals surface area contributed by atoms with Gasteiger partial charge in [0.25, 0.3) is 0 Å². The second-order valence-electron chi connectivity index (χ2n) is 16.5. The summed E-state index contributed by atoms with van der Waals surface area (Å²) < 4.78 is 11.2. The van der Waals surface area contributed by atoms with E-state index in [2.05, 4.69) is 37.9 Å². The van der Waals surface area contributed by atoms with Crippen molar-refractivity contribution in [2.24, 2.45) is 10.8 Å². The summed E-state index contributed by atoms with van der Waals surface area (Å²) >= 11 is 0. The van der Waals surface area contributed by atoms with Crippen LogP contribution in [0.5, 0.6) is 0 Å². The van der Waals surface area contributed by atoms with Gasteiger partial charge in [0.15, 0.2) is 0 Å². The molecule has 0 aromatic carbocycles. The molecule has 0 saturated carbocycles. The fourth-order valence-corrected chi connectivity index (χ4v) is 6.56. The average molecular weight is 681 g/mol. The molecule has 0 aromatic heterocycles. The van der Waals surface area contributed by atoms with E-state index >= 15 is 0 Å². The summed E-state index contributed by atoms with van der Waals surface area (Å²) in [5.41, 5.74) is -0.0247. The zero-order chi connectivity index (χ0) is 35.9. The van der Waals surface area contributed by atoms with Gasteiger partial charge in [-0.15, -0.1) is 0 Å². The fraction of sp³-hybridized carbons (Fsp3) is 0.952. The molecule has 0 saturated heterocycles. The summed E-state index contributed by atoms with van der Waals surface area (Å²) in [6.07, 6.45) is 30.9. The summed E-state index contributed by atoms with van der Waals surface area (Å²) in [6, 6.07) is 0.145. The number of hydrogen-bond acceptors (Lipinski definition) is 5. The maximum Gasteiger partial charge on any atom is 0.407 e. The van der Waals surface area contributed by atoms with Gasteiger partial charge < -0.3 is 19.7 Å². The summed E-state index contributed by atoms with van der Waals surface area (Å²) in [7, 11) is 4.07. The standard InChI is InChI=1S/C42H84N2O4/c1-9-11-13-15-17-19-25-32-41(3,4)33-26-21-23-30-38(43-40(46)48-37-29-35-44(7)8)31-24-22-27-34-42(5,6)39(45)47-36-28-20-18-16-14-12-10-2/h38H,9-37H2,1-8H3,(H,43,46). The van der Waals surface area contributed by atoms with Gasteiger partial charge in [-0.25, -0.2) is 4.79 Å². The van der Waals surface area contributed by atoms with Crippen molar-refractivity contribution < 1.29 is 19.1 Å². The van der Waals surface area contributed by atoms with E-state index in [4.69, 9.17) is 9.47 Å². The van der Waals surface area contributed by atoms with Gasteiger partial charge in [-0.05, 0) is 78.3 Å². The van der Waals surface area contributed by atoms with Crippen LogP contribution < -0.4 is 5.32 Å². The number of esters is 1. The molecule has 48 heavy (non-hydrogen) atoms. The van der Waals surface area contributed by atoms with Crippen LogP contribution in [0.15, 0.2) is 0 Å². The summed E-state index contributed by atoms with van der Waals surface area (Å²) in [4.78, 5) is 27.4. The molecule has 0 radical (unpaired) electrons. The molecular formula is C42H84N2O4. The predicted octanol–water partition coefficient (Wildman–Crippen LogP) is 12.4. The van der Waals surface area contributed by atoms with Gasteiger partial charge in [0.1, 0.15) is 0 Å². The van der Waals surface area contributed by atoms with Gasteiger partial charge in [0.2, 0.25) is 0 Å². The van der Waals surface area contributed by atoms with Crippen molar-refractivity contribution in [3.05, 3.63) is 0 Å². The van der Waals surface area contributed by atoms with Crippen molar-refractivity contribution >= 4 is 12.1 Å². The Hall–Kier alpha value is -1.30. The first-order valence-corrected chi connectivity index (χ1v) is 20.7. The largest absolute Gasteiger partial charge is 0.465 e. The van der Waals surface area contributed by atoms with Crippen LogP contribution in [0, 0.1) is 10.8 Å². The molecule has 1 N–H and O–H groups in total. The van der Waals surface area contributed by atoms with Crippen molar-refractivity contribution in [3.63, 3.8) is 0 Å². The number of carbonyl (C=O) groups is 2. The quantitative estimate of drug-likeness (QED) is 0.0541. The third kappa shape index (κ3) is 29.6. The van der Waals surface area contributed by atoms with Crippen molar-refractivity contribution in [2.75, 3.05) is 33.9 Å². The highest BCUT2D eigenvalue weighted by Gasteiger charge is 2.28. The first kappa shape index (κ1) is 46.7. The number of carbonyl (C=O) groups excluding carboxylic acids is 2. The Morgan fingerprint density at radius 1 is 0.562 bits per heavy atom. The number of unbranched alkanes of at least 4 members (excludes halogenated alkanes) is 16. The van der Waals surface area contributed by atoms with Gasteiger partial charge in [0.05, 0.1) is 18.6 Å². The maximum absolute atomic E-state index is 12.7. The van der Waals surface area contributed by atoms with E-state index in [1.807, 2.05) is 27.9 Å². The van der Waals surface area contributed by atoms with Crippen molar-refractivity contribution in [3.8, 4) is 0 Å². The van der Waals surface area contributed by atoms with E-state index in [0.717, 1.165) is 70.8 Å². The SMILES string of the molecule is CCCCCCCCCOC(=O)C(C)(C)CCCCCC(CCCCCC(C)(C)CCCCCCCCC)NC(=O)OCCCN(C)C. The number of ether oxygens (including phenoxy) is 2. The molecule has 0 aromatic rings. The number of alkyl carbamates (subject to hydrolysis) is 1. The number of rotatable bonds is 34. The monoisotopic (exact) mass is 681 g/mol. The summed E-state index contributed by atoms with van der Waals surface area (Å²) in [6.45, 7) is 15.4. The van der Waals surface area contributed by atoms with E-state index < -0.39 is 5.41 Å². The molecule has 6 heteroatoms. The first-order valence-electron chi connectivity index (χ1n) is 20.7. The number of nitrogens with one attached hydrogen (secondary N) is 1. The Bertz CT molecular complexity index is 752. The molecule has 0 aliphatic carbocycles. The minimum Gasteiger partial charge on any atom is -0.465 e. The molecule has 0 fully saturated rings. The molecule has 6 nitrogen and oxygen atoms in total. The molecule has 286 valence electrons. The molecule has 0 bridgehead atoms. The second kappa shape index (κ2) is 30.5. The summed E-state index contributed by atoms with van der Waals surface area (Å²) in [5.74, 6) is -0.0596. The molecule has 0 spiro atoms. The van der Waals surface area contributed by atoms with Crippen LogP contribution in [0.2, 0.25) is 0 Å². The Morgan fingerprint density at radius 2 is 1.00 bits per heavy atom. The average Bonchev–Trinajstić information content (AvgIpc) is 3.03. The van der Waals surface area contributed by atoms with Crippen LogP contribution in [-0.2, 0) is 14.3 Å². The summed E-state index contributed by atoms with van der Waals surface area (Å²) in [5, 5.41) is 3.19. The van der Waals surface area contributed by atoms with E-state index in [1.54, 1.807) is 0 Å². The third-order valence-electron chi connectivity index (χ3n) is 10.1.